The van der Waals surface area contributed by atoms with Crippen LogP contribution >= 0.6 is 0 Å². The van der Waals surface area contributed by atoms with E-state index in [1.807, 2.05) is 24.3 Å². The fraction of sp³-hybridized carbons (Fsp3) is 0.211. The van der Waals surface area contributed by atoms with E-state index in [1.54, 1.807) is 30.7 Å². The van der Waals surface area contributed by atoms with Crippen molar-refractivity contribution in [3.8, 4) is 0 Å². The summed E-state index contributed by atoms with van der Waals surface area (Å²) >= 11 is 0. The van der Waals surface area contributed by atoms with Crippen molar-refractivity contribution in [3.05, 3.63) is 60.1 Å². The van der Waals surface area contributed by atoms with E-state index < -0.39 is 0 Å². The van der Waals surface area contributed by atoms with Gasteiger partial charge in [-0.25, -0.2) is 9.97 Å². The molecule has 25 heavy (non-hydrogen) atoms. The lowest BCUT2D eigenvalue weighted by atomic mass is 10.1. The van der Waals surface area contributed by atoms with Gasteiger partial charge >= 0.3 is 0 Å². The first-order valence-electron chi connectivity index (χ1n) is 8.24. The van der Waals surface area contributed by atoms with Gasteiger partial charge in [-0.15, -0.1) is 0 Å². The fourth-order valence-corrected chi connectivity index (χ4v) is 2.88. The molecule has 6 nitrogen and oxygen atoms in total. The smallest absolute Gasteiger partial charge is 0.225 e. The maximum Gasteiger partial charge on any atom is 0.225 e. The molecule has 1 aromatic carbocycles. The van der Waals surface area contributed by atoms with Gasteiger partial charge in [-0.3, -0.25) is 4.79 Å². The summed E-state index contributed by atoms with van der Waals surface area (Å²) in [7, 11) is 0. The number of ketones is 1. The Hall–Kier alpha value is -2.99. The van der Waals surface area contributed by atoms with Crippen LogP contribution in [0.5, 0.6) is 0 Å². The minimum absolute atomic E-state index is 0.0466. The lowest BCUT2D eigenvalue weighted by molar-refractivity contribution is 0.104. The molecular weight excluding hydrogens is 316 g/mol. The van der Waals surface area contributed by atoms with Crippen LogP contribution in [0.3, 0.4) is 0 Å². The molecule has 0 bridgehead atoms. The van der Waals surface area contributed by atoms with Gasteiger partial charge in [0.2, 0.25) is 5.95 Å². The molecule has 1 aliphatic heterocycles. The molecule has 1 N–H and O–H groups in total. The molecule has 3 heterocycles. The van der Waals surface area contributed by atoms with E-state index in [0.717, 1.165) is 29.6 Å². The Bertz CT molecular complexity index is 909. The number of carbonyl (C=O) groups is 1. The molecular formula is C19H18N4O2. The van der Waals surface area contributed by atoms with Crippen molar-refractivity contribution in [1.29, 1.82) is 0 Å². The highest BCUT2D eigenvalue weighted by Crippen LogP contribution is 2.19. The van der Waals surface area contributed by atoms with Crippen LogP contribution < -0.4 is 4.90 Å². The van der Waals surface area contributed by atoms with E-state index in [4.69, 9.17) is 4.74 Å². The highest BCUT2D eigenvalue weighted by Gasteiger charge is 2.13. The van der Waals surface area contributed by atoms with Crippen molar-refractivity contribution in [3.63, 3.8) is 0 Å². The predicted molar refractivity (Wildman–Crippen MR) is 96.7 cm³/mol. The summed E-state index contributed by atoms with van der Waals surface area (Å²) in [4.78, 5) is 26.4. The molecule has 1 fully saturated rings. The Labute approximate surface area is 145 Å². The number of hydrogen-bond donors (Lipinski definition) is 1. The molecule has 1 aliphatic rings. The Morgan fingerprint density at radius 2 is 1.92 bits per heavy atom. The molecule has 0 amide bonds. The average molecular weight is 334 g/mol. The van der Waals surface area contributed by atoms with E-state index >= 15 is 0 Å². The summed E-state index contributed by atoms with van der Waals surface area (Å²) in [6.45, 7) is 3.00. The summed E-state index contributed by atoms with van der Waals surface area (Å²) in [5.41, 5.74) is 2.42. The number of benzene rings is 1. The average Bonchev–Trinajstić information content (AvgIpc) is 3.11. The third-order valence-electron chi connectivity index (χ3n) is 4.23. The highest BCUT2D eigenvalue weighted by molar-refractivity contribution is 6.14. The number of hydrogen-bond acceptors (Lipinski definition) is 5. The second-order valence-electron chi connectivity index (χ2n) is 5.86. The fourth-order valence-electron chi connectivity index (χ4n) is 2.88. The van der Waals surface area contributed by atoms with Crippen molar-refractivity contribution in [2.75, 3.05) is 31.2 Å². The van der Waals surface area contributed by atoms with E-state index in [1.165, 1.54) is 0 Å². The Morgan fingerprint density at radius 1 is 1.16 bits per heavy atom. The summed E-state index contributed by atoms with van der Waals surface area (Å²) in [5, 5.41) is 0.927. The predicted octanol–water partition coefficient (Wildman–Crippen LogP) is 2.69. The van der Waals surface area contributed by atoms with Gasteiger partial charge in [0, 0.05) is 53.7 Å². The number of aromatic amines is 1. The Balaban J connectivity index is 1.48. The van der Waals surface area contributed by atoms with E-state index in [0.29, 0.717) is 24.7 Å². The number of rotatable bonds is 4. The second-order valence-corrected chi connectivity index (χ2v) is 5.86. The van der Waals surface area contributed by atoms with E-state index in [9.17, 15) is 4.79 Å². The van der Waals surface area contributed by atoms with Crippen LogP contribution in [0.1, 0.15) is 15.9 Å². The molecule has 0 atom stereocenters. The molecule has 1 saturated heterocycles. The summed E-state index contributed by atoms with van der Waals surface area (Å²) in [6, 6.07) is 7.76. The van der Waals surface area contributed by atoms with Gasteiger partial charge in [-0.05, 0) is 18.2 Å². The van der Waals surface area contributed by atoms with Crippen LogP contribution in [0.25, 0.3) is 17.0 Å². The zero-order valence-corrected chi connectivity index (χ0v) is 13.7. The SMILES string of the molecule is O=C(C=Cc1cnc(N2CCOCC2)nc1)c1c[nH]c2ccccc12. The van der Waals surface area contributed by atoms with Gasteiger partial charge in [-0.2, -0.15) is 0 Å². The number of morpholine rings is 1. The largest absolute Gasteiger partial charge is 0.378 e. The first-order chi connectivity index (χ1) is 12.3. The van der Waals surface area contributed by atoms with Crippen LogP contribution in [-0.2, 0) is 4.74 Å². The van der Waals surface area contributed by atoms with Crippen LogP contribution in [0.4, 0.5) is 5.95 Å². The van der Waals surface area contributed by atoms with E-state index in [2.05, 4.69) is 19.9 Å². The van der Waals surface area contributed by atoms with Gasteiger partial charge in [0.15, 0.2) is 5.78 Å². The first-order valence-corrected chi connectivity index (χ1v) is 8.24. The molecule has 0 radical (unpaired) electrons. The number of para-hydroxylation sites is 1. The lowest BCUT2D eigenvalue weighted by Gasteiger charge is -2.26. The van der Waals surface area contributed by atoms with Gasteiger partial charge in [0.25, 0.3) is 0 Å². The molecule has 6 heteroatoms. The van der Waals surface area contributed by atoms with Crippen molar-refractivity contribution in [2.24, 2.45) is 0 Å². The van der Waals surface area contributed by atoms with Gasteiger partial charge in [-0.1, -0.05) is 18.2 Å². The summed E-state index contributed by atoms with van der Waals surface area (Å²) in [6.07, 6.45) is 8.51. The second kappa shape index (κ2) is 6.86. The van der Waals surface area contributed by atoms with Crippen molar-refractivity contribution >= 4 is 28.7 Å². The zero-order chi connectivity index (χ0) is 17.1. The van der Waals surface area contributed by atoms with E-state index in [-0.39, 0.29) is 5.78 Å². The van der Waals surface area contributed by atoms with Crippen LogP contribution in [0, 0.1) is 0 Å². The van der Waals surface area contributed by atoms with Crippen LogP contribution in [-0.4, -0.2) is 47.0 Å². The quantitative estimate of drug-likeness (QED) is 0.587. The van der Waals surface area contributed by atoms with Crippen LogP contribution in [0.2, 0.25) is 0 Å². The maximum atomic E-state index is 12.4. The van der Waals surface area contributed by atoms with Crippen LogP contribution in [0.15, 0.2) is 48.9 Å². The molecule has 2 aromatic heterocycles. The summed E-state index contributed by atoms with van der Waals surface area (Å²) < 4.78 is 5.33. The normalized spacial score (nSPS) is 15.1. The number of fused-ring (bicyclic) bond motifs is 1. The zero-order valence-electron chi connectivity index (χ0n) is 13.7. The summed E-state index contributed by atoms with van der Waals surface area (Å²) in [5.74, 6) is 0.651. The molecule has 0 spiro atoms. The maximum absolute atomic E-state index is 12.4. The van der Waals surface area contributed by atoms with Gasteiger partial charge in [0.05, 0.1) is 13.2 Å². The number of allylic oxidation sites excluding steroid dienone is 1. The number of nitrogens with one attached hydrogen (secondary N) is 1. The third-order valence-corrected chi connectivity index (χ3v) is 4.23. The topological polar surface area (TPSA) is 71.1 Å². The Morgan fingerprint density at radius 3 is 2.72 bits per heavy atom. The standard InChI is InChI=1S/C19H18N4O2/c24-18(16-13-20-17-4-2-1-3-15(16)17)6-5-14-11-21-19(22-12-14)23-7-9-25-10-8-23/h1-6,11-13,20H,7-10H2. The Kier molecular flexibility index (Phi) is 4.26. The number of aromatic nitrogens is 3. The van der Waals surface area contributed by atoms with Gasteiger partial charge in [0.1, 0.15) is 0 Å². The van der Waals surface area contributed by atoms with Crippen molar-refractivity contribution in [2.45, 2.75) is 0 Å². The number of ether oxygens (including phenoxy) is 1. The number of carbonyl (C=O) groups excluding carboxylic acids is 1. The lowest BCUT2D eigenvalue weighted by Crippen LogP contribution is -2.37. The molecule has 3 aromatic rings. The number of H-pyrrole nitrogens is 1. The van der Waals surface area contributed by atoms with Crippen molar-refractivity contribution in [1.82, 2.24) is 15.0 Å². The molecule has 0 saturated carbocycles. The monoisotopic (exact) mass is 334 g/mol. The minimum Gasteiger partial charge on any atom is -0.378 e. The third kappa shape index (κ3) is 3.29. The minimum atomic E-state index is -0.0466. The highest BCUT2D eigenvalue weighted by atomic mass is 16.5. The molecule has 4 rings (SSSR count). The number of nitrogens with zero attached hydrogens (tertiary/aromatic N) is 3. The molecule has 0 unspecified atom stereocenters. The number of anilines is 1. The van der Waals surface area contributed by atoms with Crippen molar-refractivity contribution < 1.29 is 9.53 Å². The molecule has 0 aliphatic carbocycles. The first kappa shape index (κ1) is 15.5. The van der Waals surface area contributed by atoms with Gasteiger partial charge < -0.3 is 14.6 Å². The molecule has 126 valence electrons.